The van der Waals surface area contributed by atoms with Gasteiger partial charge < -0.3 is 14.5 Å². The summed E-state index contributed by atoms with van der Waals surface area (Å²) in [5.74, 6) is 1.77. The predicted molar refractivity (Wildman–Crippen MR) is 80.5 cm³/mol. The van der Waals surface area contributed by atoms with Gasteiger partial charge in [0.1, 0.15) is 0 Å². The Bertz CT molecular complexity index is 243. The Hall–Kier alpha value is -0.120. The molecule has 112 valence electrons. The molecule has 0 N–H and O–H groups in total. The number of rotatable bonds is 7. The lowest BCUT2D eigenvalue weighted by Crippen LogP contribution is -2.49. The Morgan fingerprint density at radius 1 is 1.16 bits per heavy atom. The molecule has 0 aromatic rings. The van der Waals surface area contributed by atoms with E-state index in [-0.39, 0.29) is 0 Å². The highest BCUT2D eigenvalue weighted by atomic mass is 16.5. The summed E-state index contributed by atoms with van der Waals surface area (Å²) in [4.78, 5) is 4.96. The number of hydrogen-bond acceptors (Lipinski definition) is 3. The lowest BCUT2D eigenvalue weighted by molar-refractivity contribution is -0.0452. The van der Waals surface area contributed by atoms with Gasteiger partial charge in [-0.05, 0) is 57.7 Å². The van der Waals surface area contributed by atoms with E-state index in [0.29, 0.717) is 6.10 Å². The molecule has 0 atom stereocenters. The van der Waals surface area contributed by atoms with Gasteiger partial charge in [0, 0.05) is 26.2 Å². The molecule has 2 saturated heterocycles. The molecule has 3 nitrogen and oxygen atoms in total. The smallest absolute Gasteiger partial charge is 0.0828 e. The minimum atomic E-state index is 0.526. The van der Waals surface area contributed by atoms with Crippen molar-refractivity contribution in [3.05, 3.63) is 0 Å². The molecule has 0 unspecified atom stereocenters. The summed E-state index contributed by atoms with van der Waals surface area (Å²) < 4.78 is 5.86. The largest absolute Gasteiger partial charge is 0.376 e. The van der Waals surface area contributed by atoms with Gasteiger partial charge in [-0.25, -0.2) is 0 Å². The van der Waals surface area contributed by atoms with Crippen LogP contribution in [0.4, 0.5) is 0 Å². The van der Waals surface area contributed by atoms with Crippen molar-refractivity contribution in [1.82, 2.24) is 9.80 Å². The molecule has 0 aromatic carbocycles. The average Bonchev–Trinajstić information content (AvgIpc) is 2.33. The zero-order chi connectivity index (χ0) is 13.7. The first kappa shape index (κ1) is 15.3. The fourth-order valence-corrected chi connectivity index (χ4v) is 3.34. The minimum Gasteiger partial charge on any atom is -0.376 e. The van der Waals surface area contributed by atoms with Gasteiger partial charge in [-0.15, -0.1) is 0 Å². The molecule has 0 saturated carbocycles. The van der Waals surface area contributed by atoms with Crippen LogP contribution in [0.3, 0.4) is 0 Å². The van der Waals surface area contributed by atoms with E-state index in [1.807, 2.05) is 0 Å². The number of nitrogens with zero attached hydrogens (tertiary/aromatic N) is 2. The maximum Gasteiger partial charge on any atom is 0.0828 e. The molecule has 2 fully saturated rings. The Balaban J connectivity index is 1.46. The summed E-state index contributed by atoms with van der Waals surface area (Å²) in [5.41, 5.74) is 0. The van der Waals surface area contributed by atoms with E-state index in [1.165, 1.54) is 45.3 Å². The van der Waals surface area contributed by atoms with Crippen LogP contribution in [0.25, 0.3) is 0 Å². The van der Waals surface area contributed by atoms with Crippen LogP contribution in [0, 0.1) is 11.8 Å². The van der Waals surface area contributed by atoms with Gasteiger partial charge in [-0.3, -0.25) is 0 Å². The number of likely N-dealkylation sites (N-methyl/N-ethyl adjacent to an activating group) is 1. The van der Waals surface area contributed by atoms with E-state index in [4.69, 9.17) is 4.74 Å². The summed E-state index contributed by atoms with van der Waals surface area (Å²) in [6.07, 6.45) is 5.96. The quantitative estimate of drug-likeness (QED) is 0.660. The number of likely N-dealkylation sites (tertiary alicyclic amines) is 2. The molecular weight excluding hydrogens is 236 g/mol. The van der Waals surface area contributed by atoms with E-state index >= 15 is 0 Å². The van der Waals surface area contributed by atoms with Crippen LogP contribution in [0.2, 0.25) is 0 Å². The summed E-state index contributed by atoms with van der Waals surface area (Å²) >= 11 is 0. The van der Waals surface area contributed by atoms with Crippen LogP contribution in [-0.2, 0) is 4.74 Å². The molecule has 19 heavy (non-hydrogen) atoms. The number of ether oxygens (including phenoxy) is 1. The Morgan fingerprint density at radius 2 is 1.84 bits per heavy atom. The average molecular weight is 268 g/mol. The monoisotopic (exact) mass is 268 g/mol. The second-order valence-corrected chi connectivity index (χ2v) is 6.99. The van der Waals surface area contributed by atoms with Crippen molar-refractivity contribution in [2.24, 2.45) is 11.8 Å². The highest BCUT2D eigenvalue weighted by molar-refractivity contribution is 4.77. The third-order valence-electron chi connectivity index (χ3n) is 4.47. The molecule has 0 radical (unpaired) electrons. The molecule has 0 bridgehead atoms. The van der Waals surface area contributed by atoms with Gasteiger partial charge in [-0.1, -0.05) is 13.8 Å². The standard InChI is InChI=1S/C16H32N2O/c1-14(2)11-18-8-6-15(7-9-18)5-4-10-19-16-12-17(3)13-16/h14-16H,4-13H2,1-3H3. The third-order valence-corrected chi connectivity index (χ3v) is 4.47. The molecule has 3 heteroatoms. The van der Waals surface area contributed by atoms with Crippen LogP contribution in [0.1, 0.15) is 39.5 Å². The maximum atomic E-state index is 5.86. The second-order valence-electron chi connectivity index (χ2n) is 6.99. The van der Waals surface area contributed by atoms with Crippen molar-refractivity contribution in [1.29, 1.82) is 0 Å². The zero-order valence-electron chi connectivity index (χ0n) is 13.1. The summed E-state index contributed by atoms with van der Waals surface area (Å²) in [6.45, 7) is 11.8. The molecule has 2 aliphatic rings. The van der Waals surface area contributed by atoms with Gasteiger partial charge >= 0.3 is 0 Å². The van der Waals surface area contributed by atoms with E-state index < -0.39 is 0 Å². The molecule has 0 aromatic heterocycles. The molecule has 2 heterocycles. The normalized spacial score (nSPS) is 24.0. The Kier molecular flexibility index (Phi) is 6.11. The van der Waals surface area contributed by atoms with Gasteiger partial charge in [0.25, 0.3) is 0 Å². The minimum absolute atomic E-state index is 0.526. The lowest BCUT2D eigenvalue weighted by Gasteiger charge is -2.36. The lowest BCUT2D eigenvalue weighted by atomic mass is 9.92. The van der Waals surface area contributed by atoms with Crippen LogP contribution in [-0.4, -0.2) is 62.3 Å². The van der Waals surface area contributed by atoms with Crippen LogP contribution in [0.5, 0.6) is 0 Å². The molecular formula is C16H32N2O. The topological polar surface area (TPSA) is 15.7 Å². The summed E-state index contributed by atoms with van der Waals surface area (Å²) in [7, 11) is 2.16. The first-order valence-corrected chi connectivity index (χ1v) is 8.16. The fraction of sp³-hybridized carbons (Fsp3) is 1.00. The molecule has 2 aliphatic heterocycles. The van der Waals surface area contributed by atoms with Crippen molar-refractivity contribution in [2.75, 3.05) is 46.4 Å². The van der Waals surface area contributed by atoms with Crippen molar-refractivity contribution < 1.29 is 4.74 Å². The summed E-state index contributed by atoms with van der Waals surface area (Å²) in [5, 5.41) is 0. The van der Waals surface area contributed by atoms with Gasteiger partial charge in [0.2, 0.25) is 0 Å². The highest BCUT2D eigenvalue weighted by Gasteiger charge is 2.23. The number of hydrogen-bond donors (Lipinski definition) is 0. The van der Waals surface area contributed by atoms with Crippen LogP contribution < -0.4 is 0 Å². The van der Waals surface area contributed by atoms with Crippen LogP contribution >= 0.6 is 0 Å². The molecule has 0 spiro atoms. The van der Waals surface area contributed by atoms with E-state index in [2.05, 4.69) is 30.7 Å². The predicted octanol–water partition coefficient (Wildman–Crippen LogP) is 2.47. The van der Waals surface area contributed by atoms with E-state index in [1.54, 1.807) is 0 Å². The van der Waals surface area contributed by atoms with E-state index in [9.17, 15) is 0 Å². The van der Waals surface area contributed by atoms with Crippen molar-refractivity contribution >= 4 is 0 Å². The van der Waals surface area contributed by atoms with Crippen molar-refractivity contribution in [2.45, 2.75) is 45.6 Å². The summed E-state index contributed by atoms with van der Waals surface area (Å²) in [6, 6.07) is 0. The molecule has 0 aliphatic carbocycles. The van der Waals surface area contributed by atoms with Crippen LogP contribution in [0.15, 0.2) is 0 Å². The molecule has 0 amide bonds. The third kappa shape index (κ3) is 5.41. The molecule has 2 rings (SSSR count). The Morgan fingerprint density at radius 3 is 2.42 bits per heavy atom. The highest BCUT2D eigenvalue weighted by Crippen LogP contribution is 2.22. The van der Waals surface area contributed by atoms with Gasteiger partial charge in [-0.2, -0.15) is 0 Å². The first-order valence-electron chi connectivity index (χ1n) is 8.16. The SMILES string of the molecule is CC(C)CN1CCC(CCCOC2CN(C)C2)CC1. The van der Waals surface area contributed by atoms with Gasteiger partial charge in [0.05, 0.1) is 6.10 Å². The van der Waals surface area contributed by atoms with E-state index in [0.717, 1.165) is 31.5 Å². The number of piperidine rings is 1. The maximum absolute atomic E-state index is 5.86. The van der Waals surface area contributed by atoms with Gasteiger partial charge in [0.15, 0.2) is 0 Å². The first-order chi connectivity index (χ1) is 9.13. The second kappa shape index (κ2) is 7.61. The van der Waals surface area contributed by atoms with Crippen molar-refractivity contribution in [3.63, 3.8) is 0 Å². The Labute approximate surface area is 119 Å². The fourth-order valence-electron chi connectivity index (χ4n) is 3.34. The van der Waals surface area contributed by atoms with Crippen molar-refractivity contribution in [3.8, 4) is 0 Å². The zero-order valence-corrected chi connectivity index (χ0v) is 13.1.